The van der Waals surface area contributed by atoms with Crippen LogP contribution in [-0.2, 0) is 6.42 Å². The van der Waals surface area contributed by atoms with Crippen LogP contribution in [0, 0.1) is 13.8 Å². The van der Waals surface area contributed by atoms with E-state index in [0.717, 1.165) is 23.5 Å². The Bertz CT molecular complexity index is 399. The van der Waals surface area contributed by atoms with E-state index in [2.05, 4.69) is 19.9 Å². The van der Waals surface area contributed by atoms with Gasteiger partial charge in [-0.2, -0.15) is 0 Å². The van der Waals surface area contributed by atoms with Gasteiger partial charge in [0.25, 0.3) is 0 Å². The molecule has 0 spiro atoms. The molecular formula is C13H19NO2. The highest BCUT2D eigenvalue weighted by Crippen LogP contribution is 2.39. The fourth-order valence-corrected chi connectivity index (χ4v) is 2.05. The van der Waals surface area contributed by atoms with Crippen LogP contribution in [0.3, 0.4) is 0 Å². The van der Waals surface area contributed by atoms with E-state index >= 15 is 0 Å². The van der Waals surface area contributed by atoms with Gasteiger partial charge in [-0.15, -0.1) is 0 Å². The lowest BCUT2D eigenvalue weighted by molar-refractivity contribution is 0.168. The molecule has 1 aromatic rings. The fourth-order valence-electron chi connectivity index (χ4n) is 2.05. The van der Waals surface area contributed by atoms with E-state index in [-0.39, 0.29) is 6.04 Å². The molecule has 3 nitrogen and oxygen atoms in total. The van der Waals surface area contributed by atoms with E-state index in [9.17, 15) is 0 Å². The van der Waals surface area contributed by atoms with Gasteiger partial charge >= 0.3 is 0 Å². The number of hydrogen-bond acceptors (Lipinski definition) is 3. The van der Waals surface area contributed by atoms with E-state index in [1.165, 1.54) is 11.1 Å². The number of nitrogens with two attached hydrogens (primary N) is 1. The van der Waals surface area contributed by atoms with Crippen LogP contribution in [0.5, 0.6) is 11.5 Å². The van der Waals surface area contributed by atoms with Crippen molar-refractivity contribution in [2.75, 3.05) is 13.2 Å². The Balaban J connectivity index is 2.48. The fraction of sp³-hybridized carbons (Fsp3) is 0.538. The summed E-state index contributed by atoms with van der Waals surface area (Å²) in [4.78, 5) is 0. The molecule has 2 rings (SSSR count). The normalized spacial score (nSPS) is 16.0. The summed E-state index contributed by atoms with van der Waals surface area (Å²) in [7, 11) is 0. The lowest BCUT2D eigenvalue weighted by Gasteiger charge is -2.24. The SMILES string of the molecule is Cc1cc(CC(C)N)c2c(c1C)OCCO2. The molecule has 1 aliphatic heterocycles. The van der Waals surface area contributed by atoms with Gasteiger partial charge in [-0.25, -0.2) is 0 Å². The van der Waals surface area contributed by atoms with Gasteiger partial charge in [-0.1, -0.05) is 6.07 Å². The molecule has 1 aromatic carbocycles. The van der Waals surface area contributed by atoms with Crippen LogP contribution in [0.15, 0.2) is 6.07 Å². The van der Waals surface area contributed by atoms with Crippen LogP contribution in [-0.4, -0.2) is 19.3 Å². The minimum atomic E-state index is 0.136. The monoisotopic (exact) mass is 221 g/mol. The van der Waals surface area contributed by atoms with Crippen molar-refractivity contribution < 1.29 is 9.47 Å². The van der Waals surface area contributed by atoms with Crippen molar-refractivity contribution in [3.63, 3.8) is 0 Å². The van der Waals surface area contributed by atoms with Gasteiger partial charge in [0.2, 0.25) is 0 Å². The molecule has 16 heavy (non-hydrogen) atoms. The van der Waals surface area contributed by atoms with Crippen LogP contribution >= 0.6 is 0 Å². The van der Waals surface area contributed by atoms with E-state index in [1.54, 1.807) is 0 Å². The average molecular weight is 221 g/mol. The third kappa shape index (κ3) is 2.00. The average Bonchev–Trinajstić information content (AvgIpc) is 2.25. The molecular weight excluding hydrogens is 202 g/mol. The first kappa shape index (κ1) is 11.3. The van der Waals surface area contributed by atoms with Crippen LogP contribution in [0.2, 0.25) is 0 Å². The van der Waals surface area contributed by atoms with Crippen molar-refractivity contribution in [3.8, 4) is 11.5 Å². The zero-order valence-electron chi connectivity index (χ0n) is 10.2. The summed E-state index contributed by atoms with van der Waals surface area (Å²) in [5, 5.41) is 0. The Kier molecular flexibility index (Phi) is 3.06. The van der Waals surface area contributed by atoms with Crippen LogP contribution in [0.4, 0.5) is 0 Å². The Morgan fingerprint density at radius 1 is 1.25 bits per heavy atom. The molecule has 3 heteroatoms. The Labute approximate surface area is 96.5 Å². The minimum absolute atomic E-state index is 0.136. The maximum atomic E-state index is 5.85. The van der Waals surface area contributed by atoms with Gasteiger partial charge in [0.05, 0.1) is 0 Å². The number of aryl methyl sites for hydroxylation is 1. The van der Waals surface area contributed by atoms with Crippen molar-refractivity contribution in [1.29, 1.82) is 0 Å². The molecule has 1 atom stereocenters. The Hall–Kier alpha value is -1.22. The van der Waals surface area contributed by atoms with Crippen molar-refractivity contribution >= 4 is 0 Å². The predicted molar refractivity (Wildman–Crippen MR) is 64.3 cm³/mol. The molecule has 0 radical (unpaired) electrons. The molecule has 1 heterocycles. The maximum Gasteiger partial charge on any atom is 0.164 e. The van der Waals surface area contributed by atoms with Crippen molar-refractivity contribution in [2.45, 2.75) is 33.2 Å². The molecule has 0 saturated carbocycles. The molecule has 0 aliphatic carbocycles. The van der Waals surface area contributed by atoms with Gasteiger partial charge in [-0.3, -0.25) is 0 Å². The number of hydrogen-bond donors (Lipinski definition) is 1. The second-order valence-corrected chi connectivity index (χ2v) is 4.51. The van der Waals surface area contributed by atoms with Gasteiger partial charge in [0.1, 0.15) is 13.2 Å². The molecule has 2 N–H and O–H groups in total. The van der Waals surface area contributed by atoms with Crippen molar-refractivity contribution in [3.05, 3.63) is 22.8 Å². The van der Waals surface area contributed by atoms with Crippen molar-refractivity contribution in [2.24, 2.45) is 5.73 Å². The van der Waals surface area contributed by atoms with Gasteiger partial charge in [0.15, 0.2) is 11.5 Å². The van der Waals surface area contributed by atoms with E-state index in [1.807, 2.05) is 6.92 Å². The standard InChI is InChI=1S/C13H19NO2/c1-8-6-11(7-9(2)14)13-12(10(8)3)15-4-5-16-13/h6,9H,4-5,7,14H2,1-3H3. The van der Waals surface area contributed by atoms with Crippen LogP contribution in [0.25, 0.3) is 0 Å². The smallest absolute Gasteiger partial charge is 0.164 e. The first-order valence-electron chi connectivity index (χ1n) is 5.74. The molecule has 1 unspecified atom stereocenters. The summed E-state index contributed by atoms with van der Waals surface area (Å²) in [6.45, 7) is 7.43. The minimum Gasteiger partial charge on any atom is -0.486 e. The third-order valence-corrected chi connectivity index (χ3v) is 2.94. The van der Waals surface area contributed by atoms with E-state index in [0.29, 0.717) is 13.2 Å². The van der Waals surface area contributed by atoms with Crippen LogP contribution in [0.1, 0.15) is 23.6 Å². The largest absolute Gasteiger partial charge is 0.486 e. The molecule has 0 aromatic heterocycles. The third-order valence-electron chi connectivity index (χ3n) is 2.94. The Morgan fingerprint density at radius 2 is 1.88 bits per heavy atom. The molecule has 0 amide bonds. The lowest BCUT2D eigenvalue weighted by Crippen LogP contribution is -2.22. The molecule has 1 aliphatic rings. The molecule has 0 fully saturated rings. The number of ether oxygens (including phenoxy) is 2. The highest BCUT2D eigenvalue weighted by atomic mass is 16.6. The zero-order valence-corrected chi connectivity index (χ0v) is 10.2. The number of benzene rings is 1. The summed E-state index contributed by atoms with van der Waals surface area (Å²) in [6.07, 6.45) is 0.826. The highest BCUT2D eigenvalue weighted by molar-refractivity contribution is 5.55. The Morgan fingerprint density at radius 3 is 2.50 bits per heavy atom. The summed E-state index contributed by atoms with van der Waals surface area (Å²) in [5.74, 6) is 1.80. The molecule has 0 saturated heterocycles. The van der Waals surface area contributed by atoms with E-state index in [4.69, 9.17) is 15.2 Å². The summed E-state index contributed by atoms with van der Waals surface area (Å²) >= 11 is 0. The lowest BCUT2D eigenvalue weighted by atomic mass is 9.99. The van der Waals surface area contributed by atoms with Gasteiger partial charge < -0.3 is 15.2 Å². The summed E-state index contributed by atoms with van der Waals surface area (Å²) in [6, 6.07) is 2.29. The van der Waals surface area contributed by atoms with Gasteiger partial charge in [0, 0.05) is 6.04 Å². The second-order valence-electron chi connectivity index (χ2n) is 4.51. The topological polar surface area (TPSA) is 44.5 Å². The van der Waals surface area contributed by atoms with Crippen molar-refractivity contribution in [1.82, 2.24) is 0 Å². The maximum absolute atomic E-state index is 5.85. The summed E-state index contributed by atoms with van der Waals surface area (Å²) < 4.78 is 11.4. The number of fused-ring (bicyclic) bond motifs is 1. The first-order chi connectivity index (χ1) is 7.59. The zero-order chi connectivity index (χ0) is 11.7. The predicted octanol–water partition coefficient (Wildman–Crippen LogP) is 1.96. The number of rotatable bonds is 2. The first-order valence-corrected chi connectivity index (χ1v) is 5.74. The van der Waals surface area contributed by atoms with Gasteiger partial charge in [-0.05, 0) is 43.9 Å². The quantitative estimate of drug-likeness (QED) is 0.830. The highest BCUT2D eigenvalue weighted by Gasteiger charge is 2.20. The summed E-state index contributed by atoms with van der Waals surface area (Å²) in [5.41, 5.74) is 9.41. The molecule has 88 valence electrons. The second kappa shape index (κ2) is 4.34. The van der Waals surface area contributed by atoms with E-state index < -0.39 is 0 Å². The van der Waals surface area contributed by atoms with Crippen LogP contribution < -0.4 is 15.2 Å². The molecule has 0 bridgehead atoms.